The van der Waals surface area contributed by atoms with Gasteiger partial charge in [-0.05, 0) is 30.7 Å². The Morgan fingerprint density at radius 2 is 2.16 bits per heavy atom. The Hall–Kier alpha value is -1.88. The van der Waals surface area contributed by atoms with Crippen molar-refractivity contribution >= 4 is 22.9 Å². The smallest absolute Gasteiger partial charge is 0.275 e. The highest BCUT2D eigenvalue weighted by Crippen LogP contribution is 2.16. The maximum Gasteiger partial charge on any atom is 0.275 e. The first-order valence-electron chi connectivity index (χ1n) is 6.22. The highest BCUT2D eigenvalue weighted by molar-refractivity contribution is 7.07. The van der Waals surface area contributed by atoms with Crippen molar-refractivity contribution in [2.24, 2.45) is 0 Å². The van der Waals surface area contributed by atoms with Crippen LogP contribution >= 0.6 is 11.3 Å². The lowest BCUT2D eigenvalue weighted by molar-refractivity contribution is 0.102. The van der Waals surface area contributed by atoms with Crippen molar-refractivity contribution in [1.29, 1.82) is 0 Å². The minimum Gasteiger partial charge on any atom is -0.494 e. The molecule has 0 spiro atoms. The standard InChI is InChI=1S/C14H16N2O2S/c1-2-3-8-18-12-6-4-11(5-7-12)16-14(17)13-9-19-10-15-13/h4-7,9-10H,2-3,8H2,1H3,(H,16,17). The molecule has 1 amide bonds. The Labute approximate surface area is 116 Å². The first-order valence-corrected chi connectivity index (χ1v) is 7.16. The molecule has 0 radical (unpaired) electrons. The van der Waals surface area contributed by atoms with Gasteiger partial charge in [0.25, 0.3) is 5.91 Å². The molecule has 1 aromatic carbocycles. The van der Waals surface area contributed by atoms with Crippen LogP contribution in [0.3, 0.4) is 0 Å². The van der Waals surface area contributed by atoms with Crippen LogP contribution in [-0.4, -0.2) is 17.5 Å². The third-order valence-electron chi connectivity index (χ3n) is 2.54. The number of hydrogen-bond acceptors (Lipinski definition) is 4. The first kappa shape index (κ1) is 13.5. The van der Waals surface area contributed by atoms with Gasteiger partial charge in [-0.1, -0.05) is 13.3 Å². The SMILES string of the molecule is CCCCOc1ccc(NC(=O)c2cscn2)cc1. The summed E-state index contributed by atoms with van der Waals surface area (Å²) in [7, 11) is 0. The molecule has 5 heteroatoms. The molecule has 0 atom stereocenters. The predicted molar refractivity (Wildman–Crippen MR) is 76.9 cm³/mol. The molecule has 0 saturated carbocycles. The van der Waals surface area contributed by atoms with Crippen molar-refractivity contribution < 1.29 is 9.53 Å². The second-order valence-electron chi connectivity index (χ2n) is 4.05. The van der Waals surface area contributed by atoms with E-state index in [1.54, 1.807) is 10.9 Å². The van der Waals surface area contributed by atoms with Gasteiger partial charge in [0, 0.05) is 11.1 Å². The zero-order valence-electron chi connectivity index (χ0n) is 10.8. The Morgan fingerprint density at radius 3 is 2.79 bits per heavy atom. The Kier molecular flexibility index (Phi) is 4.92. The number of carbonyl (C=O) groups is 1. The number of carbonyl (C=O) groups excluding carboxylic acids is 1. The van der Waals surface area contributed by atoms with Crippen molar-refractivity contribution in [3.8, 4) is 5.75 Å². The number of thiazole rings is 1. The van der Waals surface area contributed by atoms with E-state index in [9.17, 15) is 4.79 Å². The van der Waals surface area contributed by atoms with Gasteiger partial charge in [0.05, 0.1) is 12.1 Å². The van der Waals surface area contributed by atoms with Crippen molar-refractivity contribution in [3.05, 3.63) is 40.8 Å². The summed E-state index contributed by atoms with van der Waals surface area (Å²) in [6.07, 6.45) is 2.16. The van der Waals surface area contributed by atoms with Gasteiger partial charge in [-0.2, -0.15) is 0 Å². The van der Waals surface area contributed by atoms with Crippen LogP contribution in [0.1, 0.15) is 30.3 Å². The molecular weight excluding hydrogens is 260 g/mol. The maximum absolute atomic E-state index is 11.8. The summed E-state index contributed by atoms with van der Waals surface area (Å²) in [6.45, 7) is 2.85. The Bertz CT molecular complexity index is 509. The van der Waals surface area contributed by atoms with E-state index < -0.39 is 0 Å². The maximum atomic E-state index is 11.8. The lowest BCUT2D eigenvalue weighted by atomic mass is 10.3. The number of hydrogen-bond donors (Lipinski definition) is 1. The molecule has 0 aliphatic rings. The van der Waals surface area contributed by atoms with Crippen LogP contribution < -0.4 is 10.1 Å². The van der Waals surface area contributed by atoms with Gasteiger partial charge in [-0.15, -0.1) is 11.3 Å². The number of amides is 1. The highest BCUT2D eigenvalue weighted by atomic mass is 32.1. The predicted octanol–water partition coefficient (Wildman–Crippen LogP) is 3.57. The number of nitrogens with one attached hydrogen (secondary N) is 1. The topological polar surface area (TPSA) is 51.2 Å². The molecule has 1 heterocycles. The third-order valence-corrected chi connectivity index (χ3v) is 3.13. The van der Waals surface area contributed by atoms with Gasteiger partial charge in [-0.3, -0.25) is 4.79 Å². The van der Waals surface area contributed by atoms with E-state index in [0.29, 0.717) is 5.69 Å². The molecule has 0 aliphatic carbocycles. The fraction of sp³-hybridized carbons (Fsp3) is 0.286. The van der Waals surface area contributed by atoms with Gasteiger partial charge in [0.15, 0.2) is 0 Å². The molecule has 1 aromatic heterocycles. The highest BCUT2D eigenvalue weighted by Gasteiger charge is 2.07. The van der Waals surface area contributed by atoms with E-state index in [-0.39, 0.29) is 5.91 Å². The van der Waals surface area contributed by atoms with Crippen molar-refractivity contribution in [3.63, 3.8) is 0 Å². The summed E-state index contributed by atoms with van der Waals surface area (Å²) >= 11 is 1.40. The quantitative estimate of drug-likeness (QED) is 0.820. The largest absolute Gasteiger partial charge is 0.494 e. The molecule has 2 aromatic rings. The van der Waals surface area contributed by atoms with Gasteiger partial charge < -0.3 is 10.1 Å². The molecule has 0 unspecified atom stereocenters. The summed E-state index contributed by atoms with van der Waals surface area (Å²) < 4.78 is 5.56. The van der Waals surface area contributed by atoms with Crippen LogP contribution in [-0.2, 0) is 0 Å². The molecule has 0 saturated heterocycles. The minimum absolute atomic E-state index is 0.194. The van der Waals surface area contributed by atoms with Crippen molar-refractivity contribution in [2.75, 3.05) is 11.9 Å². The van der Waals surface area contributed by atoms with Gasteiger partial charge in [-0.25, -0.2) is 4.98 Å². The third kappa shape index (κ3) is 4.06. The molecule has 100 valence electrons. The lowest BCUT2D eigenvalue weighted by Crippen LogP contribution is -2.11. The molecule has 19 heavy (non-hydrogen) atoms. The van der Waals surface area contributed by atoms with Crippen LogP contribution in [0.25, 0.3) is 0 Å². The van der Waals surface area contributed by atoms with E-state index in [0.717, 1.165) is 30.9 Å². The Morgan fingerprint density at radius 1 is 1.37 bits per heavy atom. The van der Waals surface area contributed by atoms with E-state index in [1.807, 2.05) is 24.3 Å². The molecule has 0 aliphatic heterocycles. The van der Waals surface area contributed by atoms with Crippen LogP contribution in [0.4, 0.5) is 5.69 Å². The average molecular weight is 276 g/mol. The number of anilines is 1. The zero-order chi connectivity index (χ0) is 13.5. The van der Waals surface area contributed by atoms with E-state index in [2.05, 4.69) is 17.2 Å². The Balaban J connectivity index is 1.90. The monoisotopic (exact) mass is 276 g/mol. The number of ether oxygens (including phenoxy) is 1. The van der Waals surface area contributed by atoms with E-state index >= 15 is 0 Å². The molecule has 0 fully saturated rings. The fourth-order valence-electron chi connectivity index (χ4n) is 1.49. The summed E-state index contributed by atoms with van der Waals surface area (Å²) in [5.74, 6) is 0.626. The van der Waals surface area contributed by atoms with E-state index in [1.165, 1.54) is 11.3 Å². The van der Waals surface area contributed by atoms with Gasteiger partial charge in [0.1, 0.15) is 11.4 Å². The van der Waals surface area contributed by atoms with Crippen molar-refractivity contribution in [1.82, 2.24) is 4.98 Å². The average Bonchev–Trinajstić information content (AvgIpc) is 2.95. The van der Waals surface area contributed by atoms with Crippen LogP contribution in [0.5, 0.6) is 5.75 Å². The van der Waals surface area contributed by atoms with Crippen molar-refractivity contribution in [2.45, 2.75) is 19.8 Å². The normalized spacial score (nSPS) is 10.2. The zero-order valence-corrected chi connectivity index (χ0v) is 11.6. The van der Waals surface area contributed by atoms with Crippen LogP contribution in [0.15, 0.2) is 35.2 Å². The summed E-state index contributed by atoms with van der Waals surface area (Å²) in [4.78, 5) is 15.7. The number of rotatable bonds is 6. The first-order chi connectivity index (χ1) is 9.29. The van der Waals surface area contributed by atoms with Gasteiger partial charge >= 0.3 is 0 Å². The molecule has 0 bridgehead atoms. The molecule has 1 N–H and O–H groups in total. The molecule has 4 nitrogen and oxygen atoms in total. The number of unbranched alkanes of at least 4 members (excludes halogenated alkanes) is 1. The summed E-state index contributed by atoms with van der Waals surface area (Å²) in [6, 6.07) is 7.36. The van der Waals surface area contributed by atoms with Gasteiger partial charge in [0.2, 0.25) is 0 Å². The number of nitrogens with zero attached hydrogens (tertiary/aromatic N) is 1. The lowest BCUT2D eigenvalue weighted by Gasteiger charge is -2.07. The number of aromatic nitrogens is 1. The summed E-state index contributed by atoms with van der Waals surface area (Å²) in [5.41, 5.74) is 2.81. The van der Waals surface area contributed by atoms with E-state index in [4.69, 9.17) is 4.74 Å². The molecular formula is C14H16N2O2S. The number of benzene rings is 1. The molecule has 2 rings (SSSR count). The second-order valence-corrected chi connectivity index (χ2v) is 4.77. The minimum atomic E-state index is -0.194. The van der Waals surface area contributed by atoms with Crippen LogP contribution in [0.2, 0.25) is 0 Å². The summed E-state index contributed by atoms with van der Waals surface area (Å²) in [5, 5.41) is 4.51. The second kappa shape index (κ2) is 6.89. The fourth-order valence-corrected chi connectivity index (χ4v) is 2.02. The van der Waals surface area contributed by atoms with Crippen LogP contribution in [0, 0.1) is 0 Å².